The van der Waals surface area contributed by atoms with E-state index in [-0.39, 0.29) is 11.8 Å². The van der Waals surface area contributed by atoms with Crippen LogP contribution in [0.4, 0.5) is 5.69 Å². The lowest BCUT2D eigenvalue weighted by Gasteiger charge is -2.11. The lowest BCUT2D eigenvalue weighted by molar-refractivity contribution is 0.0961. The average Bonchev–Trinajstić information content (AvgIpc) is 2.78. The summed E-state index contributed by atoms with van der Waals surface area (Å²) in [5.41, 5.74) is 5.16. The molecule has 0 aliphatic rings. The molecule has 4 rings (SSSR count). The molecule has 1 aromatic heterocycles. The van der Waals surface area contributed by atoms with E-state index in [1.807, 2.05) is 61.5 Å². The van der Waals surface area contributed by atoms with E-state index in [1.165, 1.54) is 0 Å². The number of rotatable bonds is 4. The van der Waals surface area contributed by atoms with Crippen LogP contribution in [0.5, 0.6) is 0 Å². The minimum Gasteiger partial charge on any atom is -0.355 e. The van der Waals surface area contributed by atoms with Crippen LogP contribution in [0, 0.1) is 6.92 Å². The molecule has 5 nitrogen and oxygen atoms in total. The van der Waals surface area contributed by atoms with Gasteiger partial charge in [0.15, 0.2) is 0 Å². The Morgan fingerprint density at radius 3 is 2.37 bits per heavy atom. The first kappa shape index (κ1) is 19.3. The number of fused-ring (bicyclic) bond motifs is 1. The SMILES string of the molecule is CNC(=O)c1cccc(NC(=O)c2cc(-c3ccc(C)cc3)nc3ccccc23)c1. The Hall–Kier alpha value is -3.99. The van der Waals surface area contributed by atoms with E-state index in [9.17, 15) is 9.59 Å². The highest BCUT2D eigenvalue weighted by atomic mass is 16.2. The number of hydrogen-bond donors (Lipinski definition) is 2. The van der Waals surface area contributed by atoms with Gasteiger partial charge in [-0.25, -0.2) is 4.98 Å². The number of benzene rings is 3. The van der Waals surface area contributed by atoms with E-state index in [1.54, 1.807) is 31.3 Å². The Bertz CT molecular complexity index is 1250. The Balaban J connectivity index is 1.75. The Kier molecular flexibility index (Phi) is 5.26. The maximum atomic E-state index is 13.2. The molecule has 1 heterocycles. The van der Waals surface area contributed by atoms with Crippen molar-refractivity contribution in [3.8, 4) is 11.3 Å². The fourth-order valence-corrected chi connectivity index (χ4v) is 3.32. The van der Waals surface area contributed by atoms with Gasteiger partial charge in [-0.2, -0.15) is 0 Å². The van der Waals surface area contributed by atoms with Gasteiger partial charge in [0, 0.05) is 29.2 Å². The molecular formula is C25H21N3O2. The number of carbonyl (C=O) groups is 2. The topological polar surface area (TPSA) is 71.1 Å². The van der Waals surface area contributed by atoms with Crippen LogP contribution in [0.25, 0.3) is 22.2 Å². The first-order valence-corrected chi connectivity index (χ1v) is 9.65. The summed E-state index contributed by atoms with van der Waals surface area (Å²) in [4.78, 5) is 29.8. The molecule has 5 heteroatoms. The van der Waals surface area contributed by atoms with Crippen LogP contribution in [0.3, 0.4) is 0 Å². The summed E-state index contributed by atoms with van der Waals surface area (Å²) in [5.74, 6) is -0.460. The monoisotopic (exact) mass is 395 g/mol. The third-order valence-corrected chi connectivity index (χ3v) is 4.92. The van der Waals surface area contributed by atoms with Gasteiger partial charge in [-0.05, 0) is 37.3 Å². The lowest BCUT2D eigenvalue weighted by atomic mass is 10.0. The second-order valence-electron chi connectivity index (χ2n) is 7.05. The van der Waals surface area contributed by atoms with Crippen molar-refractivity contribution < 1.29 is 9.59 Å². The molecule has 0 radical (unpaired) electrons. The van der Waals surface area contributed by atoms with Gasteiger partial charge in [0.25, 0.3) is 11.8 Å². The second kappa shape index (κ2) is 8.17. The number of aryl methyl sites for hydroxylation is 1. The van der Waals surface area contributed by atoms with Crippen LogP contribution >= 0.6 is 0 Å². The molecule has 0 fully saturated rings. The molecule has 4 aromatic rings. The molecule has 148 valence electrons. The molecule has 0 aliphatic heterocycles. The number of carbonyl (C=O) groups excluding carboxylic acids is 2. The zero-order chi connectivity index (χ0) is 21.1. The molecule has 3 aromatic carbocycles. The smallest absolute Gasteiger partial charge is 0.256 e. The summed E-state index contributed by atoms with van der Waals surface area (Å²) in [6.45, 7) is 2.03. The van der Waals surface area contributed by atoms with Crippen molar-refractivity contribution in [2.75, 3.05) is 12.4 Å². The second-order valence-corrected chi connectivity index (χ2v) is 7.05. The van der Waals surface area contributed by atoms with Crippen molar-refractivity contribution in [3.05, 3.63) is 95.6 Å². The third-order valence-electron chi connectivity index (χ3n) is 4.92. The van der Waals surface area contributed by atoms with Crippen molar-refractivity contribution in [3.63, 3.8) is 0 Å². The van der Waals surface area contributed by atoms with Crippen molar-refractivity contribution in [2.45, 2.75) is 6.92 Å². The number of amides is 2. The van der Waals surface area contributed by atoms with Gasteiger partial charge in [-0.1, -0.05) is 54.1 Å². The molecule has 0 saturated carbocycles. The Labute approximate surface area is 174 Å². The van der Waals surface area contributed by atoms with Gasteiger partial charge in [0.05, 0.1) is 16.8 Å². The number of anilines is 1. The highest BCUT2D eigenvalue weighted by Gasteiger charge is 2.15. The largest absolute Gasteiger partial charge is 0.355 e. The molecule has 0 saturated heterocycles. The van der Waals surface area contributed by atoms with Gasteiger partial charge >= 0.3 is 0 Å². The summed E-state index contributed by atoms with van der Waals surface area (Å²) in [6.07, 6.45) is 0. The molecule has 2 amide bonds. The van der Waals surface area contributed by atoms with E-state index in [2.05, 4.69) is 10.6 Å². The Morgan fingerprint density at radius 1 is 0.833 bits per heavy atom. The van der Waals surface area contributed by atoms with Crippen molar-refractivity contribution in [1.82, 2.24) is 10.3 Å². The summed E-state index contributed by atoms with van der Waals surface area (Å²) >= 11 is 0. The van der Waals surface area contributed by atoms with E-state index in [4.69, 9.17) is 4.98 Å². The molecule has 0 bridgehead atoms. The number of para-hydroxylation sites is 1. The lowest BCUT2D eigenvalue weighted by Crippen LogP contribution is -2.18. The van der Waals surface area contributed by atoms with Gasteiger partial charge in [0.1, 0.15) is 0 Å². The highest BCUT2D eigenvalue weighted by molar-refractivity contribution is 6.13. The molecule has 2 N–H and O–H groups in total. The first-order valence-electron chi connectivity index (χ1n) is 9.65. The first-order chi connectivity index (χ1) is 14.5. The predicted octanol–water partition coefficient (Wildman–Crippen LogP) is 4.82. The van der Waals surface area contributed by atoms with E-state index in [0.29, 0.717) is 16.8 Å². The van der Waals surface area contributed by atoms with E-state index >= 15 is 0 Å². The van der Waals surface area contributed by atoms with Crippen LogP contribution in [-0.2, 0) is 0 Å². The minimum atomic E-state index is -0.254. The Morgan fingerprint density at radius 2 is 1.60 bits per heavy atom. The summed E-state index contributed by atoms with van der Waals surface area (Å²) in [5, 5.41) is 6.27. The van der Waals surface area contributed by atoms with Gasteiger partial charge in [0.2, 0.25) is 0 Å². The predicted molar refractivity (Wildman–Crippen MR) is 120 cm³/mol. The molecule has 0 aliphatic carbocycles. The van der Waals surface area contributed by atoms with Gasteiger partial charge in [-0.15, -0.1) is 0 Å². The van der Waals surface area contributed by atoms with Gasteiger partial charge in [-0.3, -0.25) is 9.59 Å². The molecule has 0 spiro atoms. The van der Waals surface area contributed by atoms with Crippen molar-refractivity contribution in [2.24, 2.45) is 0 Å². The molecule has 30 heavy (non-hydrogen) atoms. The number of nitrogens with one attached hydrogen (secondary N) is 2. The summed E-state index contributed by atoms with van der Waals surface area (Å²) in [6, 6.07) is 24.3. The van der Waals surface area contributed by atoms with Gasteiger partial charge < -0.3 is 10.6 Å². The maximum absolute atomic E-state index is 13.2. The summed E-state index contributed by atoms with van der Waals surface area (Å²) in [7, 11) is 1.57. The normalized spacial score (nSPS) is 10.6. The van der Waals surface area contributed by atoms with Crippen molar-refractivity contribution >= 4 is 28.4 Å². The van der Waals surface area contributed by atoms with Crippen LogP contribution in [0.2, 0.25) is 0 Å². The average molecular weight is 395 g/mol. The maximum Gasteiger partial charge on any atom is 0.256 e. The summed E-state index contributed by atoms with van der Waals surface area (Å²) < 4.78 is 0. The number of nitrogens with zero attached hydrogens (tertiary/aromatic N) is 1. The fourth-order valence-electron chi connectivity index (χ4n) is 3.32. The van der Waals surface area contributed by atoms with Crippen molar-refractivity contribution in [1.29, 1.82) is 0 Å². The highest BCUT2D eigenvalue weighted by Crippen LogP contribution is 2.26. The van der Waals surface area contributed by atoms with Crippen LogP contribution in [-0.4, -0.2) is 23.8 Å². The molecule has 0 atom stereocenters. The van der Waals surface area contributed by atoms with E-state index in [0.717, 1.165) is 27.7 Å². The zero-order valence-corrected chi connectivity index (χ0v) is 16.8. The number of pyridine rings is 1. The van der Waals surface area contributed by atoms with Crippen LogP contribution in [0.15, 0.2) is 78.9 Å². The number of aromatic nitrogens is 1. The fraction of sp³-hybridized carbons (Fsp3) is 0.0800. The standard InChI is InChI=1S/C25H21N3O2/c1-16-10-12-17(13-11-16)23-15-21(20-8-3-4-9-22(20)28-23)25(30)27-19-7-5-6-18(14-19)24(29)26-2/h3-15H,1-2H3,(H,26,29)(H,27,30). The zero-order valence-electron chi connectivity index (χ0n) is 16.8. The minimum absolute atomic E-state index is 0.206. The quantitative estimate of drug-likeness (QED) is 0.520. The number of hydrogen-bond acceptors (Lipinski definition) is 3. The van der Waals surface area contributed by atoms with Crippen LogP contribution in [0.1, 0.15) is 26.3 Å². The molecular weight excluding hydrogens is 374 g/mol. The third kappa shape index (κ3) is 3.91. The van der Waals surface area contributed by atoms with Crippen LogP contribution < -0.4 is 10.6 Å². The van der Waals surface area contributed by atoms with E-state index < -0.39 is 0 Å². The molecule has 0 unspecified atom stereocenters.